The number of carboxylic acid groups (broad SMARTS) is 1. The SMILES string of the molecule is CCCc1nnc(N2C[C@H]3COc4ccccc4C[C@@]3(C(=O)O)C2)s1. The maximum Gasteiger partial charge on any atom is 0.312 e. The normalized spacial score (nSPS) is 25.0. The molecule has 0 radical (unpaired) electrons. The topological polar surface area (TPSA) is 75.5 Å². The number of carbonyl (C=O) groups is 1. The molecule has 6 nitrogen and oxygen atoms in total. The van der Waals surface area contributed by atoms with E-state index in [0.29, 0.717) is 26.1 Å². The van der Waals surface area contributed by atoms with Crippen LogP contribution in [0.15, 0.2) is 24.3 Å². The summed E-state index contributed by atoms with van der Waals surface area (Å²) in [6.45, 7) is 3.62. The highest BCUT2D eigenvalue weighted by Crippen LogP contribution is 2.45. The lowest BCUT2D eigenvalue weighted by Gasteiger charge is -2.27. The fourth-order valence-corrected chi connectivity index (χ4v) is 4.81. The van der Waals surface area contributed by atoms with Crippen LogP contribution < -0.4 is 9.64 Å². The number of aromatic nitrogens is 2. The second-order valence-electron chi connectivity index (χ2n) is 6.86. The zero-order valence-corrected chi connectivity index (χ0v) is 15.0. The van der Waals surface area contributed by atoms with Gasteiger partial charge in [-0.15, -0.1) is 10.2 Å². The van der Waals surface area contributed by atoms with Crippen molar-refractivity contribution in [3.05, 3.63) is 34.8 Å². The van der Waals surface area contributed by atoms with Crippen molar-refractivity contribution < 1.29 is 14.6 Å². The predicted molar refractivity (Wildman–Crippen MR) is 95.3 cm³/mol. The summed E-state index contributed by atoms with van der Waals surface area (Å²) in [6.07, 6.45) is 2.43. The average Bonchev–Trinajstić information content (AvgIpc) is 3.17. The first-order valence-electron chi connectivity index (χ1n) is 8.64. The number of para-hydroxylation sites is 1. The number of ether oxygens (including phenoxy) is 1. The van der Waals surface area contributed by atoms with Gasteiger partial charge in [-0.05, 0) is 24.5 Å². The first-order valence-corrected chi connectivity index (χ1v) is 9.45. The minimum Gasteiger partial charge on any atom is -0.493 e. The Morgan fingerprint density at radius 1 is 1.44 bits per heavy atom. The van der Waals surface area contributed by atoms with Crippen molar-refractivity contribution >= 4 is 22.4 Å². The first-order chi connectivity index (χ1) is 12.1. The van der Waals surface area contributed by atoms with Crippen molar-refractivity contribution in [3.63, 3.8) is 0 Å². The number of rotatable bonds is 4. The molecule has 1 N–H and O–H groups in total. The lowest BCUT2D eigenvalue weighted by Crippen LogP contribution is -2.42. The Hall–Kier alpha value is -2.15. The summed E-state index contributed by atoms with van der Waals surface area (Å²) >= 11 is 1.57. The molecule has 3 heterocycles. The fourth-order valence-electron chi connectivity index (χ4n) is 3.86. The molecule has 4 rings (SSSR count). The van der Waals surface area contributed by atoms with Crippen LogP contribution in [0.2, 0.25) is 0 Å². The molecule has 2 aliphatic heterocycles. The molecule has 2 aromatic rings. The summed E-state index contributed by atoms with van der Waals surface area (Å²) in [6, 6.07) is 7.75. The number of hydrogen-bond acceptors (Lipinski definition) is 6. The van der Waals surface area contributed by atoms with Crippen LogP contribution in [0.3, 0.4) is 0 Å². The van der Waals surface area contributed by atoms with Gasteiger partial charge in [-0.3, -0.25) is 4.79 Å². The molecule has 0 unspecified atom stereocenters. The Labute approximate surface area is 150 Å². The van der Waals surface area contributed by atoms with Crippen molar-refractivity contribution in [1.82, 2.24) is 10.2 Å². The van der Waals surface area contributed by atoms with Gasteiger partial charge in [0.25, 0.3) is 0 Å². The Balaban J connectivity index is 1.65. The number of nitrogens with zero attached hydrogens (tertiary/aromatic N) is 3. The monoisotopic (exact) mass is 359 g/mol. The van der Waals surface area contributed by atoms with Crippen LogP contribution in [0.1, 0.15) is 23.9 Å². The zero-order valence-electron chi connectivity index (χ0n) is 14.1. The van der Waals surface area contributed by atoms with Gasteiger partial charge >= 0.3 is 5.97 Å². The van der Waals surface area contributed by atoms with Crippen LogP contribution in [0.4, 0.5) is 5.13 Å². The molecule has 25 heavy (non-hydrogen) atoms. The molecule has 0 aliphatic carbocycles. The third-order valence-electron chi connectivity index (χ3n) is 5.23. The number of aliphatic carboxylic acids is 1. The first kappa shape index (κ1) is 16.3. The maximum atomic E-state index is 12.3. The minimum atomic E-state index is -0.844. The van der Waals surface area contributed by atoms with Gasteiger partial charge in [-0.1, -0.05) is 36.5 Å². The van der Waals surface area contributed by atoms with Crippen molar-refractivity contribution in [3.8, 4) is 5.75 Å². The molecule has 2 aliphatic rings. The highest BCUT2D eigenvalue weighted by Gasteiger charge is 2.54. The standard InChI is InChI=1S/C18H21N3O3S/c1-2-5-15-19-20-17(25-15)21-9-13-10-24-14-7-4-3-6-12(14)8-18(13,11-21)16(22)23/h3-4,6-7,13H,2,5,8-11H2,1H3,(H,22,23)/t13-,18+/m0/s1. The van der Waals surface area contributed by atoms with Crippen LogP contribution in [-0.4, -0.2) is 41.0 Å². The predicted octanol–water partition coefficient (Wildman–Crippen LogP) is 2.63. The summed E-state index contributed by atoms with van der Waals surface area (Å²) in [5.74, 6) is -0.0141. The highest BCUT2D eigenvalue weighted by molar-refractivity contribution is 7.15. The van der Waals surface area contributed by atoms with Gasteiger partial charge in [-0.25, -0.2) is 0 Å². The van der Waals surface area contributed by atoms with Gasteiger partial charge in [-0.2, -0.15) is 0 Å². The number of hydrogen-bond donors (Lipinski definition) is 1. The third kappa shape index (κ3) is 2.76. The Kier molecular flexibility index (Phi) is 4.11. The Morgan fingerprint density at radius 2 is 2.28 bits per heavy atom. The van der Waals surface area contributed by atoms with Crippen LogP contribution in [0.5, 0.6) is 5.75 Å². The van der Waals surface area contributed by atoms with E-state index in [4.69, 9.17) is 4.74 Å². The molecule has 0 spiro atoms. The number of fused-ring (bicyclic) bond motifs is 2. The highest BCUT2D eigenvalue weighted by atomic mass is 32.1. The van der Waals surface area contributed by atoms with E-state index in [1.54, 1.807) is 11.3 Å². The molecular formula is C18H21N3O3S. The van der Waals surface area contributed by atoms with Gasteiger partial charge in [0, 0.05) is 25.4 Å². The van der Waals surface area contributed by atoms with Crippen molar-refractivity contribution in [2.75, 3.05) is 24.6 Å². The van der Waals surface area contributed by atoms with Crippen molar-refractivity contribution in [2.45, 2.75) is 26.2 Å². The zero-order chi connectivity index (χ0) is 17.4. The Bertz CT molecular complexity index is 793. The van der Waals surface area contributed by atoms with Crippen LogP contribution >= 0.6 is 11.3 Å². The van der Waals surface area contributed by atoms with Gasteiger partial charge < -0.3 is 14.7 Å². The Morgan fingerprint density at radius 3 is 3.08 bits per heavy atom. The van der Waals surface area contributed by atoms with E-state index >= 15 is 0 Å². The van der Waals surface area contributed by atoms with Crippen LogP contribution in [0.25, 0.3) is 0 Å². The summed E-state index contributed by atoms with van der Waals surface area (Å²) < 4.78 is 5.94. The molecule has 1 aromatic heterocycles. The van der Waals surface area contributed by atoms with E-state index in [0.717, 1.165) is 34.3 Å². The molecule has 1 aromatic carbocycles. The van der Waals surface area contributed by atoms with E-state index in [2.05, 4.69) is 22.0 Å². The van der Waals surface area contributed by atoms with Gasteiger partial charge in [0.1, 0.15) is 10.8 Å². The quantitative estimate of drug-likeness (QED) is 0.904. The molecular weight excluding hydrogens is 338 g/mol. The number of carboxylic acids is 1. The summed E-state index contributed by atoms with van der Waals surface area (Å²) in [4.78, 5) is 14.4. The smallest absolute Gasteiger partial charge is 0.312 e. The van der Waals surface area contributed by atoms with E-state index in [1.807, 2.05) is 24.3 Å². The molecule has 1 saturated heterocycles. The van der Waals surface area contributed by atoms with E-state index in [-0.39, 0.29) is 5.92 Å². The lowest BCUT2D eigenvalue weighted by atomic mass is 9.74. The maximum absolute atomic E-state index is 12.3. The molecule has 132 valence electrons. The number of anilines is 1. The number of aryl methyl sites for hydroxylation is 1. The summed E-state index contributed by atoms with van der Waals surface area (Å²) in [7, 11) is 0. The molecule has 0 bridgehead atoms. The molecule has 0 amide bonds. The average molecular weight is 359 g/mol. The third-order valence-corrected chi connectivity index (χ3v) is 6.27. The van der Waals surface area contributed by atoms with E-state index < -0.39 is 11.4 Å². The molecule has 1 fully saturated rings. The van der Waals surface area contributed by atoms with Gasteiger partial charge in [0.2, 0.25) is 5.13 Å². The van der Waals surface area contributed by atoms with Gasteiger partial charge in [0.05, 0.1) is 12.0 Å². The fraction of sp³-hybridized carbons (Fsp3) is 0.500. The molecule has 7 heteroatoms. The van der Waals surface area contributed by atoms with E-state index in [9.17, 15) is 9.90 Å². The van der Waals surface area contributed by atoms with Gasteiger partial charge in [0.15, 0.2) is 0 Å². The van der Waals surface area contributed by atoms with Crippen molar-refractivity contribution in [2.24, 2.45) is 11.3 Å². The lowest BCUT2D eigenvalue weighted by molar-refractivity contribution is -0.150. The van der Waals surface area contributed by atoms with Crippen LogP contribution in [-0.2, 0) is 17.6 Å². The second-order valence-corrected chi connectivity index (χ2v) is 7.90. The van der Waals surface area contributed by atoms with Crippen LogP contribution in [0, 0.1) is 11.3 Å². The summed E-state index contributed by atoms with van der Waals surface area (Å²) in [5, 5.41) is 20.5. The summed E-state index contributed by atoms with van der Waals surface area (Å²) in [5.41, 5.74) is 0.126. The second kappa shape index (κ2) is 6.29. The van der Waals surface area contributed by atoms with E-state index in [1.165, 1.54) is 0 Å². The largest absolute Gasteiger partial charge is 0.493 e. The number of benzene rings is 1. The minimum absolute atomic E-state index is 0.0732. The molecule has 2 atom stereocenters. The van der Waals surface area contributed by atoms with Crippen molar-refractivity contribution in [1.29, 1.82) is 0 Å². The molecule has 0 saturated carbocycles.